The minimum Gasteiger partial charge on any atom is -0.385 e. The van der Waals surface area contributed by atoms with Crippen LogP contribution < -0.4 is 10.0 Å². The van der Waals surface area contributed by atoms with Gasteiger partial charge in [-0.15, -0.1) is 0 Å². The lowest BCUT2D eigenvalue weighted by atomic mass is 10.2. The largest absolute Gasteiger partial charge is 0.385 e. The minimum absolute atomic E-state index is 0.00951. The topological polar surface area (TPSA) is 67.4 Å². The quantitative estimate of drug-likeness (QED) is 0.807. The highest BCUT2D eigenvalue weighted by molar-refractivity contribution is 7.89. The molecular weight excluding hydrogens is 276 g/mol. The van der Waals surface area contributed by atoms with E-state index in [1.807, 2.05) is 0 Å². The first-order valence-electron chi connectivity index (χ1n) is 7.07. The minimum atomic E-state index is -3.44. The fraction of sp³-hybridized carbons (Fsp3) is 0.571. The highest BCUT2D eigenvalue weighted by Crippen LogP contribution is 2.15. The summed E-state index contributed by atoms with van der Waals surface area (Å²) in [6, 6.07) is 6.82. The van der Waals surface area contributed by atoms with E-state index in [-0.39, 0.29) is 11.0 Å². The van der Waals surface area contributed by atoms with Gasteiger partial charge in [-0.2, -0.15) is 0 Å². The third-order valence-corrected chi connectivity index (χ3v) is 4.71. The lowest BCUT2D eigenvalue weighted by Crippen LogP contribution is -2.31. The van der Waals surface area contributed by atoms with Crippen LogP contribution in [0.15, 0.2) is 29.2 Å². The summed E-state index contributed by atoms with van der Waals surface area (Å²) in [5, 5.41) is 3.21. The number of hydrogen-bond acceptors (Lipinski definition) is 4. The standard InChI is InChI=1S/C14H22N2O3S/c1-2-9-15-12-5-7-14(8-6-12)20(17,18)16-11-13-4-3-10-19-13/h5-8,13,15-16H,2-4,9-11H2,1H3. The summed E-state index contributed by atoms with van der Waals surface area (Å²) in [5.74, 6) is 0. The van der Waals surface area contributed by atoms with Crippen molar-refractivity contribution in [3.05, 3.63) is 24.3 Å². The van der Waals surface area contributed by atoms with Gasteiger partial charge in [0.2, 0.25) is 10.0 Å². The molecule has 1 heterocycles. The Labute approximate surface area is 120 Å². The summed E-state index contributed by atoms with van der Waals surface area (Å²) in [4.78, 5) is 0.289. The predicted molar refractivity (Wildman–Crippen MR) is 79.4 cm³/mol. The van der Waals surface area contributed by atoms with Crippen LogP contribution in [0, 0.1) is 0 Å². The molecule has 0 radical (unpaired) electrons. The number of ether oxygens (including phenoxy) is 1. The Morgan fingerprint density at radius 3 is 2.65 bits per heavy atom. The van der Waals surface area contributed by atoms with E-state index in [0.717, 1.165) is 38.1 Å². The molecule has 1 aromatic carbocycles. The van der Waals surface area contributed by atoms with Gasteiger partial charge in [0.25, 0.3) is 0 Å². The number of anilines is 1. The van der Waals surface area contributed by atoms with E-state index >= 15 is 0 Å². The molecule has 1 unspecified atom stereocenters. The van der Waals surface area contributed by atoms with Gasteiger partial charge in [-0.25, -0.2) is 13.1 Å². The van der Waals surface area contributed by atoms with E-state index in [4.69, 9.17) is 4.74 Å². The van der Waals surface area contributed by atoms with Crippen LogP contribution >= 0.6 is 0 Å². The molecule has 1 saturated heterocycles. The number of hydrogen-bond donors (Lipinski definition) is 2. The van der Waals surface area contributed by atoms with Gasteiger partial charge in [0.15, 0.2) is 0 Å². The van der Waals surface area contributed by atoms with Crippen molar-refractivity contribution >= 4 is 15.7 Å². The number of nitrogens with one attached hydrogen (secondary N) is 2. The molecule has 0 aromatic heterocycles. The molecule has 112 valence electrons. The van der Waals surface area contributed by atoms with E-state index < -0.39 is 10.0 Å². The molecule has 20 heavy (non-hydrogen) atoms. The molecule has 1 atom stereocenters. The number of rotatable bonds is 7. The van der Waals surface area contributed by atoms with Gasteiger partial charge in [-0.1, -0.05) is 6.92 Å². The van der Waals surface area contributed by atoms with Crippen LogP contribution in [0.25, 0.3) is 0 Å². The fourth-order valence-electron chi connectivity index (χ4n) is 2.11. The first-order valence-corrected chi connectivity index (χ1v) is 8.55. The zero-order valence-electron chi connectivity index (χ0n) is 11.8. The summed E-state index contributed by atoms with van der Waals surface area (Å²) in [5.41, 5.74) is 0.935. The van der Waals surface area contributed by atoms with Crippen molar-refractivity contribution in [2.45, 2.75) is 37.2 Å². The van der Waals surface area contributed by atoms with Crippen molar-refractivity contribution < 1.29 is 13.2 Å². The van der Waals surface area contributed by atoms with E-state index in [2.05, 4.69) is 17.0 Å². The van der Waals surface area contributed by atoms with Gasteiger partial charge in [0.1, 0.15) is 0 Å². The molecule has 1 fully saturated rings. The summed E-state index contributed by atoms with van der Waals surface area (Å²) in [6.07, 6.45) is 2.96. The fourth-order valence-corrected chi connectivity index (χ4v) is 3.18. The average molecular weight is 298 g/mol. The highest BCUT2D eigenvalue weighted by Gasteiger charge is 2.20. The normalized spacial score (nSPS) is 19.1. The third-order valence-electron chi connectivity index (χ3n) is 3.27. The number of benzene rings is 1. The van der Waals surface area contributed by atoms with Crippen LogP contribution in [-0.4, -0.2) is 34.2 Å². The molecule has 0 bridgehead atoms. The van der Waals surface area contributed by atoms with E-state index in [1.54, 1.807) is 24.3 Å². The molecule has 1 aromatic rings. The average Bonchev–Trinajstić information content (AvgIpc) is 2.97. The van der Waals surface area contributed by atoms with Gasteiger partial charge in [-0.3, -0.25) is 0 Å². The van der Waals surface area contributed by atoms with Gasteiger partial charge in [-0.05, 0) is 43.5 Å². The van der Waals surface area contributed by atoms with Crippen molar-refractivity contribution in [3.63, 3.8) is 0 Å². The Bertz CT molecular complexity index is 508. The Morgan fingerprint density at radius 2 is 2.05 bits per heavy atom. The van der Waals surface area contributed by atoms with Crippen LogP contribution in [0.3, 0.4) is 0 Å². The summed E-state index contributed by atoms with van der Waals surface area (Å²) in [7, 11) is -3.44. The summed E-state index contributed by atoms with van der Waals surface area (Å²) in [6.45, 7) is 4.03. The molecule has 0 spiro atoms. The third kappa shape index (κ3) is 4.19. The van der Waals surface area contributed by atoms with Crippen LogP contribution in [-0.2, 0) is 14.8 Å². The molecular formula is C14H22N2O3S. The van der Waals surface area contributed by atoms with Crippen LogP contribution in [0.2, 0.25) is 0 Å². The SMILES string of the molecule is CCCNc1ccc(S(=O)(=O)NCC2CCCO2)cc1. The molecule has 5 nitrogen and oxygen atoms in total. The zero-order valence-corrected chi connectivity index (χ0v) is 12.6. The smallest absolute Gasteiger partial charge is 0.240 e. The molecule has 1 aliphatic rings. The molecule has 0 saturated carbocycles. The second kappa shape index (κ2) is 7.06. The van der Waals surface area contributed by atoms with Crippen LogP contribution in [0.1, 0.15) is 26.2 Å². The van der Waals surface area contributed by atoms with Crippen LogP contribution in [0.5, 0.6) is 0 Å². The molecule has 1 aliphatic heterocycles. The van der Waals surface area contributed by atoms with E-state index in [0.29, 0.717) is 6.54 Å². The number of sulfonamides is 1. The van der Waals surface area contributed by atoms with Crippen molar-refractivity contribution in [1.29, 1.82) is 0 Å². The summed E-state index contributed by atoms with van der Waals surface area (Å²) < 4.78 is 32.3. The summed E-state index contributed by atoms with van der Waals surface area (Å²) >= 11 is 0. The molecule has 2 N–H and O–H groups in total. The molecule has 0 aliphatic carbocycles. The maximum atomic E-state index is 12.1. The Balaban J connectivity index is 1.94. The first kappa shape index (κ1) is 15.3. The van der Waals surface area contributed by atoms with Gasteiger partial charge in [0, 0.05) is 25.4 Å². The maximum absolute atomic E-state index is 12.1. The Kier molecular flexibility index (Phi) is 5.39. The Morgan fingerprint density at radius 1 is 1.30 bits per heavy atom. The molecule has 6 heteroatoms. The Hall–Kier alpha value is -1.11. The van der Waals surface area contributed by atoms with Crippen LogP contribution in [0.4, 0.5) is 5.69 Å². The van der Waals surface area contributed by atoms with Crippen molar-refractivity contribution in [3.8, 4) is 0 Å². The zero-order chi connectivity index (χ0) is 14.4. The van der Waals surface area contributed by atoms with Crippen molar-refractivity contribution in [1.82, 2.24) is 4.72 Å². The molecule has 0 amide bonds. The lowest BCUT2D eigenvalue weighted by molar-refractivity contribution is 0.114. The van der Waals surface area contributed by atoms with E-state index in [1.165, 1.54) is 0 Å². The first-order chi connectivity index (χ1) is 9.62. The lowest BCUT2D eigenvalue weighted by Gasteiger charge is -2.12. The maximum Gasteiger partial charge on any atom is 0.240 e. The predicted octanol–water partition coefficient (Wildman–Crippen LogP) is 1.97. The monoisotopic (exact) mass is 298 g/mol. The highest BCUT2D eigenvalue weighted by atomic mass is 32.2. The van der Waals surface area contributed by atoms with Gasteiger partial charge >= 0.3 is 0 Å². The van der Waals surface area contributed by atoms with E-state index in [9.17, 15) is 8.42 Å². The van der Waals surface area contributed by atoms with Crippen molar-refractivity contribution in [2.75, 3.05) is 25.0 Å². The van der Waals surface area contributed by atoms with Gasteiger partial charge < -0.3 is 10.1 Å². The van der Waals surface area contributed by atoms with Gasteiger partial charge in [0.05, 0.1) is 11.0 Å². The second-order valence-electron chi connectivity index (χ2n) is 4.94. The second-order valence-corrected chi connectivity index (χ2v) is 6.71. The van der Waals surface area contributed by atoms with Crippen molar-refractivity contribution in [2.24, 2.45) is 0 Å². The molecule has 2 rings (SSSR count).